The molecule has 0 aliphatic heterocycles. The number of nitrogens with zero attached hydrogens (tertiary/aromatic N) is 2. The third-order valence-electron chi connectivity index (χ3n) is 4.50. The third kappa shape index (κ3) is 5.12. The largest absolute Gasteiger partial charge is 0.485 e. The maximum atomic E-state index is 13.0. The molecule has 0 fully saturated rings. The number of carbonyl (C=O) groups excluding carboxylic acids is 1. The molecule has 0 bridgehead atoms. The van der Waals surface area contributed by atoms with Gasteiger partial charge >= 0.3 is 0 Å². The number of amides is 1. The fourth-order valence-electron chi connectivity index (χ4n) is 3.02. The van der Waals surface area contributed by atoms with Crippen LogP contribution in [0.2, 0.25) is 0 Å². The van der Waals surface area contributed by atoms with Crippen molar-refractivity contribution in [2.75, 3.05) is 11.9 Å². The normalized spacial score (nSPS) is 10.8. The van der Waals surface area contributed by atoms with Gasteiger partial charge < -0.3 is 14.8 Å². The molecule has 0 atom stereocenters. The molecule has 2 aromatic heterocycles. The number of halogens is 1. The zero-order valence-electron chi connectivity index (χ0n) is 17.4. The SMILES string of the molecule is Cc1ccc(OCc2cc(=O)n3cc(C)sc3n2)c(NC(=O)COc2ccc(F)cc2)c1. The van der Waals surface area contributed by atoms with Gasteiger partial charge in [-0.3, -0.25) is 14.0 Å². The van der Waals surface area contributed by atoms with Gasteiger partial charge in [-0.1, -0.05) is 6.07 Å². The zero-order valence-corrected chi connectivity index (χ0v) is 18.2. The summed E-state index contributed by atoms with van der Waals surface area (Å²) in [7, 11) is 0. The summed E-state index contributed by atoms with van der Waals surface area (Å²) in [5.74, 6) is 0.0550. The number of anilines is 1. The number of aromatic nitrogens is 2. The van der Waals surface area contributed by atoms with Gasteiger partial charge in [0.05, 0.1) is 11.4 Å². The topological polar surface area (TPSA) is 81.9 Å². The number of ether oxygens (including phenoxy) is 2. The van der Waals surface area contributed by atoms with Crippen LogP contribution in [-0.4, -0.2) is 21.9 Å². The van der Waals surface area contributed by atoms with E-state index in [0.29, 0.717) is 27.8 Å². The van der Waals surface area contributed by atoms with Gasteiger partial charge in [0.1, 0.15) is 23.9 Å². The molecule has 32 heavy (non-hydrogen) atoms. The number of hydrogen-bond acceptors (Lipinski definition) is 6. The third-order valence-corrected chi connectivity index (χ3v) is 5.40. The summed E-state index contributed by atoms with van der Waals surface area (Å²) in [6.07, 6.45) is 1.75. The van der Waals surface area contributed by atoms with Crippen LogP contribution in [0, 0.1) is 19.7 Å². The monoisotopic (exact) mass is 453 g/mol. The highest BCUT2D eigenvalue weighted by molar-refractivity contribution is 7.16. The Morgan fingerprint density at radius 1 is 1.12 bits per heavy atom. The Labute approximate surface area is 187 Å². The van der Waals surface area contributed by atoms with Gasteiger partial charge in [-0.25, -0.2) is 9.37 Å². The van der Waals surface area contributed by atoms with E-state index >= 15 is 0 Å². The molecular weight excluding hydrogens is 433 g/mol. The van der Waals surface area contributed by atoms with Crippen LogP contribution >= 0.6 is 11.3 Å². The van der Waals surface area contributed by atoms with Crippen molar-refractivity contribution in [3.05, 3.63) is 87.0 Å². The van der Waals surface area contributed by atoms with E-state index in [-0.39, 0.29) is 24.6 Å². The van der Waals surface area contributed by atoms with Gasteiger partial charge in [0.15, 0.2) is 11.6 Å². The molecule has 164 valence electrons. The Morgan fingerprint density at radius 2 is 1.91 bits per heavy atom. The van der Waals surface area contributed by atoms with Crippen molar-refractivity contribution in [1.82, 2.24) is 9.38 Å². The molecular formula is C23H20FN3O4S. The molecule has 2 heterocycles. The Hall–Kier alpha value is -3.72. The van der Waals surface area contributed by atoms with Crippen molar-refractivity contribution in [2.24, 2.45) is 0 Å². The van der Waals surface area contributed by atoms with Crippen molar-refractivity contribution in [2.45, 2.75) is 20.5 Å². The van der Waals surface area contributed by atoms with Crippen LogP contribution in [0.3, 0.4) is 0 Å². The standard InChI is InChI=1S/C23H20FN3O4S/c1-14-3-8-20(31-12-17-10-22(29)27-11-15(2)32-23(27)25-17)19(9-14)26-21(28)13-30-18-6-4-16(24)5-7-18/h3-11H,12-13H2,1-2H3,(H,26,28). The molecule has 0 radical (unpaired) electrons. The fraction of sp³-hybridized carbons (Fsp3) is 0.174. The number of carbonyl (C=O) groups is 1. The zero-order chi connectivity index (χ0) is 22.7. The Balaban J connectivity index is 1.44. The van der Waals surface area contributed by atoms with Crippen molar-refractivity contribution in [3.63, 3.8) is 0 Å². The summed E-state index contributed by atoms with van der Waals surface area (Å²) in [6, 6.07) is 12.2. The minimum absolute atomic E-state index is 0.0701. The number of benzene rings is 2. The van der Waals surface area contributed by atoms with Crippen LogP contribution in [0.1, 0.15) is 16.1 Å². The molecule has 4 rings (SSSR count). The first-order valence-electron chi connectivity index (χ1n) is 9.78. The summed E-state index contributed by atoms with van der Waals surface area (Å²) < 4.78 is 25.7. The molecule has 0 aliphatic rings. The van der Waals surface area contributed by atoms with Crippen LogP contribution in [0.5, 0.6) is 11.5 Å². The molecule has 0 unspecified atom stereocenters. The van der Waals surface area contributed by atoms with Gasteiger partial charge in [0.2, 0.25) is 0 Å². The van der Waals surface area contributed by atoms with Gasteiger partial charge in [0, 0.05) is 17.1 Å². The average Bonchev–Trinajstić information content (AvgIpc) is 3.13. The quantitative estimate of drug-likeness (QED) is 0.456. The lowest BCUT2D eigenvalue weighted by molar-refractivity contribution is -0.118. The van der Waals surface area contributed by atoms with Crippen LogP contribution in [0.15, 0.2) is 59.5 Å². The van der Waals surface area contributed by atoms with Crippen molar-refractivity contribution < 1.29 is 18.7 Å². The summed E-state index contributed by atoms with van der Waals surface area (Å²) in [6.45, 7) is 3.63. The average molecular weight is 453 g/mol. The first kappa shape index (κ1) is 21.5. The van der Waals surface area contributed by atoms with E-state index < -0.39 is 5.91 Å². The second-order valence-electron chi connectivity index (χ2n) is 7.16. The van der Waals surface area contributed by atoms with E-state index in [1.165, 1.54) is 46.1 Å². The van der Waals surface area contributed by atoms with Crippen LogP contribution in [0.25, 0.3) is 4.96 Å². The number of hydrogen-bond donors (Lipinski definition) is 1. The van der Waals surface area contributed by atoms with Gasteiger partial charge in [-0.05, 0) is 55.8 Å². The van der Waals surface area contributed by atoms with Gasteiger partial charge in [-0.2, -0.15) is 0 Å². The fourth-order valence-corrected chi connectivity index (χ4v) is 3.87. The van der Waals surface area contributed by atoms with E-state index in [1.54, 1.807) is 18.3 Å². The van der Waals surface area contributed by atoms with Crippen LogP contribution < -0.4 is 20.3 Å². The van der Waals surface area contributed by atoms with E-state index in [4.69, 9.17) is 9.47 Å². The molecule has 0 aliphatic carbocycles. The van der Waals surface area contributed by atoms with Crippen molar-refractivity contribution in [1.29, 1.82) is 0 Å². The lowest BCUT2D eigenvalue weighted by Crippen LogP contribution is -2.20. The first-order valence-corrected chi connectivity index (χ1v) is 10.6. The summed E-state index contributed by atoms with van der Waals surface area (Å²) in [5, 5.41) is 2.77. The van der Waals surface area contributed by atoms with E-state index in [0.717, 1.165) is 10.4 Å². The molecule has 0 saturated heterocycles. The summed E-state index contributed by atoms with van der Waals surface area (Å²) in [5.41, 5.74) is 1.73. The number of thiazole rings is 1. The second kappa shape index (κ2) is 9.19. The number of fused-ring (bicyclic) bond motifs is 1. The highest BCUT2D eigenvalue weighted by atomic mass is 32.1. The molecule has 1 N–H and O–H groups in total. The van der Waals surface area contributed by atoms with E-state index in [1.807, 2.05) is 19.9 Å². The summed E-state index contributed by atoms with van der Waals surface area (Å²) >= 11 is 1.42. The molecule has 4 aromatic rings. The predicted octanol–water partition coefficient (Wildman–Crippen LogP) is 4.11. The number of nitrogens with one attached hydrogen (secondary N) is 1. The summed E-state index contributed by atoms with van der Waals surface area (Å²) in [4.78, 5) is 30.7. The van der Waals surface area contributed by atoms with Crippen LogP contribution in [-0.2, 0) is 11.4 Å². The van der Waals surface area contributed by atoms with Gasteiger partial charge in [-0.15, -0.1) is 11.3 Å². The minimum atomic E-state index is -0.392. The van der Waals surface area contributed by atoms with E-state index in [2.05, 4.69) is 10.3 Å². The lowest BCUT2D eigenvalue weighted by atomic mass is 10.2. The minimum Gasteiger partial charge on any atom is -0.485 e. The maximum absolute atomic E-state index is 13.0. The second-order valence-corrected chi connectivity index (χ2v) is 8.37. The predicted molar refractivity (Wildman–Crippen MR) is 120 cm³/mol. The Kier molecular flexibility index (Phi) is 6.18. The number of rotatable bonds is 7. The molecule has 1 amide bonds. The molecule has 2 aromatic carbocycles. The highest BCUT2D eigenvalue weighted by Gasteiger charge is 2.11. The molecule has 0 spiro atoms. The first-order chi connectivity index (χ1) is 15.4. The number of aryl methyl sites for hydroxylation is 2. The smallest absolute Gasteiger partial charge is 0.262 e. The molecule has 9 heteroatoms. The molecule has 0 saturated carbocycles. The van der Waals surface area contributed by atoms with Gasteiger partial charge in [0.25, 0.3) is 11.5 Å². The van der Waals surface area contributed by atoms with Crippen LogP contribution in [0.4, 0.5) is 10.1 Å². The highest BCUT2D eigenvalue weighted by Crippen LogP contribution is 2.26. The lowest BCUT2D eigenvalue weighted by Gasteiger charge is -2.14. The Bertz CT molecular complexity index is 1330. The Morgan fingerprint density at radius 3 is 2.69 bits per heavy atom. The van der Waals surface area contributed by atoms with E-state index in [9.17, 15) is 14.0 Å². The molecule has 7 nitrogen and oxygen atoms in total. The maximum Gasteiger partial charge on any atom is 0.262 e. The van der Waals surface area contributed by atoms with Crippen molar-refractivity contribution >= 4 is 27.9 Å². The van der Waals surface area contributed by atoms with Crippen molar-refractivity contribution in [3.8, 4) is 11.5 Å².